The van der Waals surface area contributed by atoms with Crippen LogP contribution in [0.25, 0.3) is 10.9 Å². The highest BCUT2D eigenvalue weighted by Crippen LogP contribution is 2.37. The van der Waals surface area contributed by atoms with Crippen molar-refractivity contribution in [3.8, 4) is 5.75 Å². The molecule has 1 aliphatic rings. The summed E-state index contributed by atoms with van der Waals surface area (Å²) in [6, 6.07) is 20.9. The van der Waals surface area contributed by atoms with Gasteiger partial charge in [0.05, 0.1) is 18.3 Å². The van der Waals surface area contributed by atoms with Crippen LogP contribution in [-0.2, 0) is 22.3 Å². The molecule has 2 atom stereocenters. The second-order valence-electron chi connectivity index (χ2n) is 10.6. The lowest BCUT2D eigenvalue weighted by Gasteiger charge is -2.24. The Hall–Kier alpha value is -3.78. The monoisotopic (exact) mass is 550 g/mol. The molecule has 0 saturated carbocycles. The van der Waals surface area contributed by atoms with E-state index in [-0.39, 0.29) is 12.3 Å². The van der Waals surface area contributed by atoms with Gasteiger partial charge in [0.25, 0.3) is 0 Å². The minimum Gasteiger partial charge on any atom is -0.497 e. The number of aromatic nitrogens is 1. The van der Waals surface area contributed by atoms with Gasteiger partial charge in [0.1, 0.15) is 5.75 Å². The predicted octanol–water partition coefficient (Wildman–Crippen LogP) is 6.92. The number of ether oxygens (including phenoxy) is 2. The van der Waals surface area contributed by atoms with E-state index in [1.165, 1.54) is 12.1 Å². The third-order valence-corrected chi connectivity index (χ3v) is 7.70. The molecule has 5 nitrogen and oxygen atoms in total. The number of nitrogens with one attached hydrogen (secondary N) is 1. The summed E-state index contributed by atoms with van der Waals surface area (Å²) in [6.45, 7) is 3.64. The average molecular weight is 551 g/mol. The lowest BCUT2D eigenvalue weighted by Crippen LogP contribution is -2.40. The number of hydrogen-bond acceptors (Lipinski definition) is 3. The van der Waals surface area contributed by atoms with Crippen molar-refractivity contribution in [2.24, 2.45) is 0 Å². The largest absolute Gasteiger partial charge is 0.497 e. The van der Waals surface area contributed by atoms with Gasteiger partial charge in [-0.15, -0.1) is 0 Å². The number of para-hydroxylation sites is 1. The van der Waals surface area contributed by atoms with Gasteiger partial charge in [0.15, 0.2) is 0 Å². The molecular formula is C32H33F3N2O3. The second kappa shape index (κ2) is 11.4. The Morgan fingerprint density at radius 3 is 2.45 bits per heavy atom. The molecule has 1 aliphatic heterocycles. The molecule has 210 valence electrons. The van der Waals surface area contributed by atoms with Crippen molar-refractivity contribution in [2.75, 3.05) is 20.3 Å². The first-order valence-corrected chi connectivity index (χ1v) is 13.4. The lowest BCUT2D eigenvalue weighted by atomic mass is 9.87. The van der Waals surface area contributed by atoms with Gasteiger partial charge in [-0.3, -0.25) is 4.79 Å². The van der Waals surface area contributed by atoms with E-state index in [0.717, 1.165) is 52.8 Å². The van der Waals surface area contributed by atoms with Crippen molar-refractivity contribution in [1.29, 1.82) is 0 Å². The third kappa shape index (κ3) is 6.17. The van der Waals surface area contributed by atoms with Crippen LogP contribution in [0, 0.1) is 0 Å². The van der Waals surface area contributed by atoms with Crippen molar-refractivity contribution in [3.63, 3.8) is 0 Å². The Kier molecular flexibility index (Phi) is 7.90. The highest BCUT2D eigenvalue weighted by Gasteiger charge is 2.32. The quantitative estimate of drug-likeness (QED) is 0.246. The van der Waals surface area contributed by atoms with Gasteiger partial charge in [-0.05, 0) is 66.8 Å². The van der Waals surface area contributed by atoms with Crippen LogP contribution >= 0.6 is 0 Å². The van der Waals surface area contributed by atoms with Crippen LogP contribution in [0.2, 0.25) is 0 Å². The maximum Gasteiger partial charge on any atom is 0.416 e. The molecule has 0 bridgehead atoms. The minimum absolute atomic E-state index is 0.0952. The predicted molar refractivity (Wildman–Crippen MR) is 149 cm³/mol. The van der Waals surface area contributed by atoms with Crippen LogP contribution < -0.4 is 10.1 Å². The van der Waals surface area contributed by atoms with Crippen molar-refractivity contribution < 1.29 is 27.4 Å². The van der Waals surface area contributed by atoms with E-state index in [9.17, 15) is 18.0 Å². The highest BCUT2D eigenvalue weighted by atomic mass is 19.4. The van der Waals surface area contributed by atoms with Crippen LogP contribution in [0.4, 0.5) is 13.2 Å². The average Bonchev–Trinajstić information content (AvgIpc) is 3.55. The fraction of sp³-hybridized carbons (Fsp3) is 0.344. The lowest BCUT2D eigenvalue weighted by molar-refractivity contribution is -0.137. The van der Waals surface area contributed by atoms with Crippen molar-refractivity contribution in [3.05, 3.63) is 101 Å². The minimum atomic E-state index is -4.43. The van der Waals surface area contributed by atoms with Crippen molar-refractivity contribution in [1.82, 2.24) is 9.88 Å². The number of carbonyl (C=O) groups excluding carboxylic acids is 1. The number of fused-ring (bicyclic) bond motifs is 1. The zero-order valence-electron chi connectivity index (χ0n) is 22.6. The standard InChI is InChI=1S/C32H33F3N2O3/c1-31(16-5-17-40-31)21-36-30(38)18-27(23-10-12-24(13-11-23)32(33,34)35)28-20-37(29-7-4-3-6-26(28)29)19-22-8-14-25(39-2)15-9-22/h3-4,6-15,20,27H,5,16-19,21H2,1-2H3,(H,36,38)/t27-,31-/m0/s1. The molecule has 5 rings (SSSR count). The summed E-state index contributed by atoms with van der Waals surface area (Å²) in [4.78, 5) is 13.3. The summed E-state index contributed by atoms with van der Waals surface area (Å²) in [5, 5.41) is 3.97. The fourth-order valence-electron chi connectivity index (χ4n) is 5.44. The van der Waals surface area contributed by atoms with Gasteiger partial charge in [0, 0.05) is 49.1 Å². The smallest absolute Gasteiger partial charge is 0.416 e. The van der Waals surface area contributed by atoms with Gasteiger partial charge < -0.3 is 19.4 Å². The molecule has 3 aromatic carbocycles. The Morgan fingerprint density at radius 2 is 1.80 bits per heavy atom. The van der Waals surface area contributed by atoms with E-state index >= 15 is 0 Å². The van der Waals surface area contributed by atoms with Crippen LogP contribution in [0.3, 0.4) is 0 Å². The maximum absolute atomic E-state index is 13.3. The van der Waals surface area contributed by atoms with Gasteiger partial charge in [-0.2, -0.15) is 13.2 Å². The molecule has 0 unspecified atom stereocenters. The number of rotatable bonds is 9. The summed E-state index contributed by atoms with van der Waals surface area (Å²) in [5.41, 5.74) is 2.49. The highest BCUT2D eigenvalue weighted by molar-refractivity contribution is 5.87. The SMILES string of the molecule is COc1ccc(Cn2cc([C@@H](CC(=O)NC[C@]3(C)CCCO3)c3ccc(C(F)(F)F)cc3)c3ccccc32)cc1. The van der Waals surface area contributed by atoms with Crippen molar-refractivity contribution >= 4 is 16.8 Å². The topological polar surface area (TPSA) is 52.5 Å². The summed E-state index contributed by atoms with van der Waals surface area (Å²) in [5.74, 6) is 0.155. The van der Waals surface area contributed by atoms with E-state index in [4.69, 9.17) is 9.47 Å². The van der Waals surface area contributed by atoms with Gasteiger partial charge in [0.2, 0.25) is 5.91 Å². The molecule has 2 heterocycles. The molecule has 8 heteroatoms. The summed E-state index contributed by atoms with van der Waals surface area (Å²) in [7, 11) is 1.62. The number of nitrogens with zero attached hydrogens (tertiary/aromatic N) is 1. The van der Waals surface area contributed by atoms with E-state index < -0.39 is 23.3 Å². The Balaban J connectivity index is 1.49. The summed E-state index contributed by atoms with van der Waals surface area (Å²) < 4.78 is 53.2. The second-order valence-corrected chi connectivity index (χ2v) is 10.6. The third-order valence-electron chi connectivity index (χ3n) is 7.70. The molecule has 4 aromatic rings. The first kappa shape index (κ1) is 27.8. The number of amides is 1. The van der Waals surface area contributed by atoms with Crippen LogP contribution in [-0.4, -0.2) is 36.3 Å². The Morgan fingerprint density at radius 1 is 1.07 bits per heavy atom. The molecule has 1 amide bonds. The number of hydrogen-bond donors (Lipinski definition) is 1. The number of benzene rings is 3. The van der Waals surface area contributed by atoms with Crippen molar-refractivity contribution in [2.45, 2.75) is 50.4 Å². The zero-order chi connectivity index (χ0) is 28.3. The molecule has 1 N–H and O–H groups in total. The molecule has 1 aromatic heterocycles. The van der Waals surface area contributed by atoms with Gasteiger partial charge in [-0.25, -0.2) is 0 Å². The molecule has 0 radical (unpaired) electrons. The summed E-state index contributed by atoms with van der Waals surface area (Å²) in [6.07, 6.45) is -0.497. The normalized spacial score (nSPS) is 18.1. The maximum atomic E-state index is 13.3. The molecule has 1 saturated heterocycles. The Bertz CT molecular complexity index is 1450. The molecule has 0 aliphatic carbocycles. The van der Waals surface area contributed by atoms with E-state index in [1.807, 2.05) is 61.7 Å². The zero-order valence-corrected chi connectivity index (χ0v) is 22.6. The van der Waals surface area contributed by atoms with Gasteiger partial charge in [-0.1, -0.05) is 42.5 Å². The first-order chi connectivity index (χ1) is 19.1. The fourth-order valence-corrected chi connectivity index (χ4v) is 5.44. The number of methoxy groups -OCH3 is 1. The molecular weight excluding hydrogens is 517 g/mol. The molecule has 0 spiro atoms. The van der Waals surface area contributed by atoms with Crippen LogP contribution in [0.1, 0.15) is 54.4 Å². The Labute approximate surface area is 231 Å². The number of carbonyl (C=O) groups is 1. The summed E-state index contributed by atoms with van der Waals surface area (Å²) >= 11 is 0. The molecule has 1 fully saturated rings. The number of halogens is 3. The first-order valence-electron chi connectivity index (χ1n) is 13.4. The number of alkyl halides is 3. The van der Waals surface area contributed by atoms with E-state index in [0.29, 0.717) is 25.3 Å². The van der Waals surface area contributed by atoms with Crippen LogP contribution in [0.15, 0.2) is 79.0 Å². The van der Waals surface area contributed by atoms with E-state index in [2.05, 4.69) is 9.88 Å². The molecule has 40 heavy (non-hydrogen) atoms. The van der Waals surface area contributed by atoms with Gasteiger partial charge >= 0.3 is 6.18 Å². The van der Waals surface area contributed by atoms with Crippen LogP contribution in [0.5, 0.6) is 5.75 Å². The van der Waals surface area contributed by atoms with E-state index in [1.54, 1.807) is 7.11 Å².